The van der Waals surface area contributed by atoms with E-state index in [2.05, 4.69) is 5.32 Å². The van der Waals surface area contributed by atoms with E-state index in [1.54, 1.807) is 43.3 Å². The second-order valence-corrected chi connectivity index (χ2v) is 7.95. The van der Waals surface area contributed by atoms with Crippen LogP contribution in [0.3, 0.4) is 0 Å². The zero-order valence-corrected chi connectivity index (χ0v) is 19.1. The summed E-state index contributed by atoms with van der Waals surface area (Å²) in [5.41, 5.74) is 6.50. The molecule has 2 aromatic rings. The Morgan fingerprint density at radius 1 is 1.09 bits per heavy atom. The number of rotatable bonds is 3. The summed E-state index contributed by atoms with van der Waals surface area (Å²) < 4.78 is 10.1. The number of fused-ring (bicyclic) bond motifs is 2. The standard InChI is InChI=1S/C25H22N4O5/c1-13-9-10-18(14(2)11-13)29-20(23(31)34-4)19(22(30)33-3)25(16(12-26)21(29)27)15-7-5-6-8-17(15)28-24(25)32/h5-11H,27H2,1-4H3,(H,28,32)/t25-/m1/s1. The molecule has 3 N–H and O–H groups in total. The number of carbonyl (C=O) groups is 3. The van der Waals surface area contributed by atoms with E-state index in [0.29, 0.717) is 16.9 Å². The summed E-state index contributed by atoms with van der Waals surface area (Å²) in [6, 6.07) is 14.0. The van der Waals surface area contributed by atoms with E-state index < -0.39 is 23.3 Å². The molecule has 1 atom stereocenters. The van der Waals surface area contributed by atoms with Crippen molar-refractivity contribution in [3.8, 4) is 6.07 Å². The zero-order chi connectivity index (χ0) is 24.8. The molecule has 0 aliphatic carbocycles. The normalized spacial score (nSPS) is 19.0. The van der Waals surface area contributed by atoms with Gasteiger partial charge in [0.25, 0.3) is 0 Å². The third-order valence-corrected chi connectivity index (χ3v) is 6.10. The molecule has 2 aliphatic rings. The van der Waals surface area contributed by atoms with Gasteiger partial charge in [-0.05, 0) is 31.5 Å². The average Bonchev–Trinajstić information content (AvgIpc) is 3.11. The van der Waals surface area contributed by atoms with Crippen LogP contribution in [0.2, 0.25) is 0 Å². The topological polar surface area (TPSA) is 135 Å². The van der Waals surface area contributed by atoms with E-state index in [-0.39, 0.29) is 22.7 Å². The van der Waals surface area contributed by atoms with E-state index in [1.165, 1.54) is 4.90 Å². The SMILES string of the molecule is COC(=O)C1=C(C(=O)OC)[C@]2(C(=O)Nc3ccccc32)C(C#N)=C(N)N1c1ccc(C)cc1C. The van der Waals surface area contributed by atoms with Gasteiger partial charge >= 0.3 is 11.9 Å². The Bertz CT molecular complexity index is 1370. The van der Waals surface area contributed by atoms with Gasteiger partial charge in [-0.2, -0.15) is 5.26 Å². The van der Waals surface area contributed by atoms with E-state index >= 15 is 0 Å². The maximum absolute atomic E-state index is 13.6. The highest BCUT2D eigenvalue weighted by Crippen LogP contribution is 2.53. The monoisotopic (exact) mass is 458 g/mol. The lowest BCUT2D eigenvalue weighted by Crippen LogP contribution is -2.51. The number of nitriles is 1. The number of nitrogens with one attached hydrogen (secondary N) is 1. The van der Waals surface area contributed by atoms with Crippen LogP contribution in [0.5, 0.6) is 0 Å². The first-order valence-corrected chi connectivity index (χ1v) is 10.3. The predicted molar refractivity (Wildman–Crippen MR) is 123 cm³/mol. The first kappa shape index (κ1) is 22.6. The lowest BCUT2D eigenvalue weighted by atomic mass is 9.67. The minimum absolute atomic E-state index is 0.172. The van der Waals surface area contributed by atoms with E-state index in [1.807, 2.05) is 19.1 Å². The summed E-state index contributed by atoms with van der Waals surface area (Å²) in [7, 11) is 2.28. The molecular weight excluding hydrogens is 436 g/mol. The van der Waals surface area contributed by atoms with Crippen molar-refractivity contribution in [2.45, 2.75) is 19.3 Å². The highest BCUT2D eigenvalue weighted by molar-refractivity contribution is 6.20. The fourth-order valence-electron chi connectivity index (χ4n) is 4.68. The highest BCUT2D eigenvalue weighted by Gasteiger charge is 2.61. The maximum atomic E-state index is 13.6. The van der Waals surface area contributed by atoms with Crippen LogP contribution >= 0.6 is 0 Å². The molecule has 4 rings (SSSR count). The summed E-state index contributed by atoms with van der Waals surface area (Å²) in [4.78, 5) is 41.5. The Morgan fingerprint density at radius 3 is 2.38 bits per heavy atom. The van der Waals surface area contributed by atoms with Gasteiger partial charge in [0.05, 0.1) is 31.1 Å². The molecule has 9 heteroatoms. The van der Waals surface area contributed by atoms with Crippen molar-refractivity contribution in [3.63, 3.8) is 0 Å². The molecule has 34 heavy (non-hydrogen) atoms. The molecule has 2 aliphatic heterocycles. The summed E-state index contributed by atoms with van der Waals surface area (Å²) in [5, 5.41) is 13.0. The largest absolute Gasteiger partial charge is 0.466 e. The van der Waals surface area contributed by atoms with Crippen molar-refractivity contribution >= 4 is 29.2 Å². The van der Waals surface area contributed by atoms with Crippen LogP contribution in [0.15, 0.2) is 65.1 Å². The van der Waals surface area contributed by atoms with E-state index in [4.69, 9.17) is 15.2 Å². The molecule has 9 nitrogen and oxygen atoms in total. The van der Waals surface area contributed by atoms with Crippen LogP contribution in [0, 0.1) is 25.2 Å². The van der Waals surface area contributed by atoms with Gasteiger partial charge in [-0.15, -0.1) is 0 Å². The van der Waals surface area contributed by atoms with Crippen LogP contribution in [0.1, 0.15) is 16.7 Å². The summed E-state index contributed by atoms with van der Waals surface area (Å²) >= 11 is 0. The lowest BCUT2D eigenvalue weighted by Gasteiger charge is -2.40. The Morgan fingerprint density at radius 2 is 1.76 bits per heavy atom. The third-order valence-electron chi connectivity index (χ3n) is 6.10. The van der Waals surface area contributed by atoms with Gasteiger partial charge in [0.1, 0.15) is 23.0 Å². The highest BCUT2D eigenvalue weighted by atomic mass is 16.5. The zero-order valence-electron chi connectivity index (χ0n) is 19.1. The molecule has 0 radical (unpaired) electrons. The van der Waals surface area contributed by atoms with Gasteiger partial charge in [0, 0.05) is 11.3 Å². The van der Waals surface area contributed by atoms with Crippen molar-refractivity contribution in [2.75, 3.05) is 24.4 Å². The number of hydrogen-bond donors (Lipinski definition) is 2. The number of ether oxygens (including phenoxy) is 2. The minimum atomic E-state index is -2.00. The average molecular weight is 458 g/mol. The van der Waals surface area contributed by atoms with E-state index in [9.17, 15) is 19.6 Å². The second-order valence-electron chi connectivity index (χ2n) is 7.95. The Balaban J connectivity index is 2.22. The summed E-state index contributed by atoms with van der Waals surface area (Å²) in [6.07, 6.45) is 0. The number of para-hydroxylation sites is 1. The van der Waals surface area contributed by atoms with E-state index in [0.717, 1.165) is 25.3 Å². The van der Waals surface area contributed by atoms with Crippen LogP contribution < -0.4 is 16.0 Å². The molecule has 0 unspecified atom stereocenters. The van der Waals surface area contributed by atoms with Crippen molar-refractivity contribution < 1.29 is 23.9 Å². The maximum Gasteiger partial charge on any atom is 0.355 e. The number of benzene rings is 2. The molecule has 0 saturated carbocycles. The van der Waals surface area contributed by atoms with Gasteiger partial charge in [-0.1, -0.05) is 35.9 Å². The van der Waals surface area contributed by atoms with Gasteiger partial charge in [0.15, 0.2) is 0 Å². The molecule has 2 aromatic carbocycles. The van der Waals surface area contributed by atoms with Gasteiger partial charge < -0.3 is 20.5 Å². The fourth-order valence-corrected chi connectivity index (χ4v) is 4.68. The van der Waals surface area contributed by atoms with Crippen LogP contribution in [0.25, 0.3) is 0 Å². The lowest BCUT2D eigenvalue weighted by molar-refractivity contribution is -0.140. The molecule has 0 aromatic heterocycles. The van der Waals surface area contributed by atoms with Crippen LogP contribution in [-0.4, -0.2) is 32.1 Å². The number of amides is 1. The molecule has 172 valence electrons. The van der Waals surface area contributed by atoms with Crippen molar-refractivity contribution in [1.29, 1.82) is 5.26 Å². The number of nitrogens with zero attached hydrogens (tertiary/aromatic N) is 2. The Kier molecular flexibility index (Phi) is 5.37. The first-order valence-electron chi connectivity index (χ1n) is 10.3. The fraction of sp³-hybridized carbons (Fsp3) is 0.200. The number of anilines is 2. The Labute approximate surface area is 196 Å². The summed E-state index contributed by atoms with van der Waals surface area (Å²) in [6.45, 7) is 3.70. The first-order chi connectivity index (χ1) is 16.2. The molecule has 0 fully saturated rings. The van der Waals surface area contributed by atoms with Gasteiger partial charge in [0.2, 0.25) is 5.91 Å². The van der Waals surface area contributed by atoms with Gasteiger partial charge in [-0.25, -0.2) is 9.59 Å². The molecule has 0 saturated heterocycles. The minimum Gasteiger partial charge on any atom is -0.466 e. The summed E-state index contributed by atoms with van der Waals surface area (Å²) in [5.74, 6) is -2.76. The number of aryl methyl sites for hydroxylation is 2. The molecule has 1 spiro atoms. The van der Waals surface area contributed by atoms with Crippen molar-refractivity contribution in [2.24, 2.45) is 5.73 Å². The molecule has 2 heterocycles. The number of esters is 2. The number of carbonyl (C=O) groups excluding carboxylic acids is 3. The second kappa shape index (κ2) is 8.08. The van der Waals surface area contributed by atoms with Crippen LogP contribution in [-0.2, 0) is 29.3 Å². The van der Waals surface area contributed by atoms with Crippen molar-refractivity contribution in [3.05, 3.63) is 81.8 Å². The molecular formula is C25H22N4O5. The molecule has 1 amide bonds. The number of nitrogens with two attached hydrogens (primary N) is 1. The Hall–Kier alpha value is -4.58. The third kappa shape index (κ3) is 2.89. The van der Waals surface area contributed by atoms with Gasteiger partial charge in [-0.3, -0.25) is 9.69 Å². The van der Waals surface area contributed by atoms with Crippen LogP contribution in [0.4, 0.5) is 11.4 Å². The van der Waals surface area contributed by atoms with Crippen molar-refractivity contribution in [1.82, 2.24) is 0 Å². The molecule has 0 bridgehead atoms. The smallest absolute Gasteiger partial charge is 0.355 e. The predicted octanol–water partition coefficient (Wildman–Crippen LogP) is 2.31. The number of hydrogen-bond acceptors (Lipinski definition) is 8. The quantitative estimate of drug-likeness (QED) is 0.669. The number of methoxy groups -OCH3 is 2.